The second kappa shape index (κ2) is 8.41. The molecule has 0 saturated carbocycles. The lowest BCUT2D eigenvalue weighted by Gasteiger charge is -2.18. The van der Waals surface area contributed by atoms with Gasteiger partial charge in [0.15, 0.2) is 0 Å². The molecule has 1 rings (SSSR count). The minimum absolute atomic E-state index is 0.0412. The molecule has 7 heteroatoms. The Labute approximate surface area is 130 Å². The van der Waals surface area contributed by atoms with Crippen molar-refractivity contribution in [2.45, 2.75) is 26.3 Å². The molecule has 1 aromatic carbocycles. The van der Waals surface area contributed by atoms with Crippen molar-refractivity contribution < 1.29 is 13.2 Å². The summed E-state index contributed by atoms with van der Waals surface area (Å²) >= 11 is 1.57. The zero-order valence-electron chi connectivity index (χ0n) is 12.5. The van der Waals surface area contributed by atoms with Gasteiger partial charge in [0.2, 0.25) is 15.9 Å². The Morgan fingerprint density at radius 2 is 2.10 bits per heavy atom. The number of hydrogen-bond acceptors (Lipinski definition) is 4. The summed E-state index contributed by atoms with van der Waals surface area (Å²) in [6, 6.07) is 6.66. The minimum atomic E-state index is -3.41. The van der Waals surface area contributed by atoms with E-state index in [0.29, 0.717) is 17.9 Å². The van der Waals surface area contributed by atoms with E-state index in [-0.39, 0.29) is 11.7 Å². The van der Waals surface area contributed by atoms with Gasteiger partial charge in [-0.1, -0.05) is 12.1 Å². The van der Waals surface area contributed by atoms with Gasteiger partial charge in [-0.05, 0) is 50.0 Å². The number of aryl methyl sites for hydroxylation is 1. The molecule has 0 fully saturated rings. The van der Waals surface area contributed by atoms with Crippen molar-refractivity contribution >= 4 is 33.4 Å². The van der Waals surface area contributed by atoms with Crippen molar-refractivity contribution in [2.75, 3.05) is 23.1 Å². The highest BCUT2D eigenvalue weighted by atomic mass is 32.2. The number of carbonyl (C=O) groups excluding carboxylic acids is 1. The van der Waals surface area contributed by atoms with Gasteiger partial charge in [0.05, 0.1) is 5.75 Å². The molecule has 118 valence electrons. The molecule has 0 saturated heterocycles. The number of nitrogens with one attached hydrogen (secondary N) is 2. The molecule has 2 N–H and O–H groups in total. The van der Waals surface area contributed by atoms with E-state index in [2.05, 4.69) is 10.0 Å². The van der Waals surface area contributed by atoms with Gasteiger partial charge in [0, 0.05) is 5.69 Å². The van der Waals surface area contributed by atoms with Crippen LogP contribution in [0.1, 0.15) is 18.9 Å². The predicted molar refractivity (Wildman–Crippen MR) is 89.2 cm³/mol. The average Bonchev–Trinajstić information content (AvgIpc) is 2.43. The first-order valence-electron chi connectivity index (χ1n) is 6.74. The number of benzene rings is 1. The van der Waals surface area contributed by atoms with Crippen LogP contribution in [0, 0.1) is 6.92 Å². The van der Waals surface area contributed by atoms with Crippen LogP contribution in [0.25, 0.3) is 0 Å². The Kier molecular flexibility index (Phi) is 7.21. The van der Waals surface area contributed by atoms with E-state index in [9.17, 15) is 13.2 Å². The van der Waals surface area contributed by atoms with Crippen molar-refractivity contribution in [3.05, 3.63) is 29.8 Å². The molecule has 0 aromatic heterocycles. The number of thioether (sulfide) groups is 1. The second-order valence-electron chi connectivity index (χ2n) is 4.71. The van der Waals surface area contributed by atoms with Crippen LogP contribution >= 0.6 is 11.8 Å². The third kappa shape index (κ3) is 6.50. The lowest BCUT2D eigenvalue weighted by atomic mass is 10.2. The van der Waals surface area contributed by atoms with E-state index in [1.807, 2.05) is 31.4 Å². The predicted octanol–water partition coefficient (Wildman–Crippen LogP) is 1.99. The molecule has 21 heavy (non-hydrogen) atoms. The average molecular weight is 330 g/mol. The van der Waals surface area contributed by atoms with Gasteiger partial charge in [0.1, 0.15) is 6.04 Å². The summed E-state index contributed by atoms with van der Waals surface area (Å²) in [5.74, 6) is 0.338. The van der Waals surface area contributed by atoms with Gasteiger partial charge >= 0.3 is 0 Å². The molecule has 0 aliphatic heterocycles. The molecule has 1 aromatic rings. The fraction of sp³-hybridized carbons (Fsp3) is 0.500. The summed E-state index contributed by atoms with van der Waals surface area (Å²) in [5, 5.41) is 2.76. The Morgan fingerprint density at radius 1 is 1.38 bits per heavy atom. The summed E-state index contributed by atoms with van der Waals surface area (Å²) in [7, 11) is -3.41. The maximum atomic E-state index is 12.3. The molecule has 0 aliphatic rings. The largest absolute Gasteiger partial charge is 0.325 e. The first-order chi connectivity index (χ1) is 9.88. The summed E-state index contributed by atoms with van der Waals surface area (Å²) in [5.41, 5.74) is 1.70. The Morgan fingerprint density at radius 3 is 2.67 bits per heavy atom. The van der Waals surface area contributed by atoms with Gasteiger partial charge in [-0.2, -0.15) is 11.8 Å². The maximum Gasteiger partial charge on any atom is 0.242 e. The molecule has 0 spiro atoms. The van der Waals surface area contributed by atoms with E-state index >= 15 is 0 Å². The van der Waals surface area contributed by atoms with Crippen LogP contribution < -0.4 is 10.0 Å². The lowest BCUT2D eigenvalue weighted by Crippen LogP contribution is -2.44. The molecular formula is C14H22N2O3S2. The highest BCUT2D eigenvalue weighted by Crippen LogP contribution is 2.11. The SMILES string of the molecule is CCS(=O)(=O)NC(CCSC)C(=O)Nc1cccc(C)c1. The lowest BCUT2D eigenvalue weighted by molar-refractivity contribution is -0.117. The summed E-state index contributed by atoms with van der Waals surface area (Å²) in [4.78, 5) is 12.3. The molecule has 0 aliphatic carbocycles. The Balaban J connectivity index is 2.79. The summed E-state index contributed by atoms with van der Waals surface area (Å²) < 4.78 is 25.8. The molecule has 0 radical (unpaired) electrons. The minimum Gasteiger partial charge on any atom is -0.325 e. The number of anilines is 1. The maximum absolute atomic E-state index is 12.3. The highest BCUT2D eigenvalue weighted by Gasteiger charge is 2.23. The Bertz CT molecular complexity index is 573. The molecule has 5 nitrogen and oxygen atoms in total. The van der Waals surface area contributed by atoms with E-state index < -0.39 is 16.1 Å². The van der Waals surface area contributed by atoms with Gasteiger partial charge in [0.25, 0.3) is 0 Å². The fourth-order valence-corrected chi connectivity index (χ4v) is 3.03. The van der Waals surface area contributed by atoms with Crippen LogP contribution in [0.4, 0.5) is 5.69 Å². The zero-order valence-corrected chi connectivity index (χ0v) is 14.2. The van der Waals surface area contributed by atoms with Crippen LogP contribution in [-0.2, 0) is 14.8 Å². The topological polar surface area (TPSA) is 75.3 Å². The third-order valence-electron chi connectivity index (χ3n) is 2.91. The van der Waals surface area contributed by atoms with Gasteiger partial charge in [-0.3, -0.25) is 4.79 Å². The Hall–Kier alpha value is -1.05. The molecule has 1 unspecified atom stereocenters. The third-order valence-corrected chi connectivity index (χ3v) is 4.96. The first kappa shape index (κ1) is 18.0. The first-order valence-corrected chi connectivity index (χ1v) is 9.79. The van der Waals surface area contributed by atoms with E-state index in [1.165, 1.54) is 0 Å². The van der Waals surface area contributed by atoms with Crippen molar-refractivity contribution in [3.8, 4) is 0 Å². The normalized spacial score (nSPS) is 12.9. The molecule has 0 heterocycles. The van der Waals surface area contributed by atoms with Crippen molar-refractivity contribution in [2.24, 2.45) is 0 Å². The number of hydrogen-bond donors (Lipinski definition) is 2. The number of carbonyl (C=O) groups is 1. The highest BCUT2D eigenvalue weighted by molar-refractivity contribution is 7.98. The van der Waals surface area contributed by atoms with Crippen LogP contribution in [0.15, 0.2) is 24.3 Å². The van der Waals surface area contributed by atoms with Gasteiger partial charge in [-0.15, -0.1) is 0 Å². The fourth-order valence-electron chi connectivity index (χ4n) is 1.73. The van der Waals surface area contributed by atoms with Crippen LogP contribution in [0.5, 0.6) is 0 Å². The van der Waals surface area contributed by atoms with Crippen molar-refractivity contribution in [3.63, 3.8) is 0 Å². The van der Waals surface area contributed by atoms with E-state index in [0.717, 1.165) is 5.56 Å². The molecule has 1 amide bonds. The quantitative estimate of drug-likeness (QED) is 0.764. The zero-order chi connectivity index (χ0) is 15.9. The number of amides is 1. The van der Waals surface area contributed by atoms with Crippen LogP contribution in [0.2, 0.25) is 0 Å². The monoisotopic (exact) mass is 330 g/mol. The summed E-state index contributed by atoms with van der Waals surface area (Å²) in [6.07, 6.45) is 2.38. The molecule has 0 bridgehead atoms. The van der Waals surface area contributed by atoms with E-state index in [1.54, 1.807) is 24.8 Å². The second-order valence-corrected chi connectivity index (χ2v) is 7.74. The standard InChI is InChI=1S/C14H22N2O3S2/c1-4-21(18,19)16-13(8-9-20-3)14(17)15-12-7-5-6-11(2)10-12/h5-7,10,13,16H,4,8-9H2,1-3H3,(H,15,17). The summed E-state index contributed by atoms with van der Waals surface area (Å²) in [6.45, 7) is 3.48. The van der Waals surface area contributed by atoms with Gasteiger partial charge < -0.3 is 5.32 Å². The molecular weight excluding hydrogens is 308 g/mol. The van der Waals surface area contributed by atoms with E-state index in [4.69, 9.17) is 0 Å². The van der Waals surface area contributed by atoms with Crippen LogP contribution in [-0.4, -0.2) is 38.1 Å². The number of rotatable bonds is 8. The number of sulfonamides is 1. The van der Waals surface area contributed by atoms with Crippen molar-refractivity contribution in [1.29, 1.82) is 0 Å². The van der Waals surface area contributed by atoms with Crippen LogP contribution in [0.3, 0.4) is 0 Å². The molecule has 1 atom stereocenters. The van der Waals surface area contributed by atoms with Crippen molar-refractivity contribution in [1.82, 2.24) is 4.72 Å². The smallest absolute Gasteiger partial charge is 0.242 e. The van der Waals surface area contributed by atoms with Gasteiger partial charge in [-0.25, -0.2) is 13.1 Å².